The van der Waals surface area contributed by atoms with Crippen LogP contribution in [0.5, 0.6) is 5.75 Å². The maximum atomic E-state index is 12.6. The summed E-state index contributed by atoms with van der Waals surface area (Å²) in [7, 11) is 0. The summed E-state index contributed by atoms with van der Waals surface area (Å²) in [5.41, 5.74) is 0.398. The molecule has 1 rings (SSSR count). The van der Waals surface area contributed by atoms with Crippen molar-refractivity contribution in [3.63, 3.8) is 0 Å². The number of hydrogen-bond donors (Lipinski definition) is 1. The molecule has 0 spiro atoms. The molecule has 0 aliphatic heterocycles. The molecule has 13 heavy (non-hydrogen) atoms. The van der Waals surface area contributed by atoms with Gasteiger partial charge in [-0.1, -0.05) is 5.92 Å². The van der Waals surface area contributed by atoms with Gasteiger partial charge in [0.2, 0.25) is 0 Å². The van der Waals surface area contributed by atoms with Crippen LogP contribution in [0.2, 0.25) is 0 Å². The molecule has 0 radical (unpaired) electrons. The molecule has 2 nitrogen and oxygen atoms in total. The topological polar surface area (TPSA) is 29.5 Å². The van der Waals surface area contributed by atoms with Gasteiger partial charge in [-0.25, -0.2) is 4.39 Å². The van der Waals surface area contributed by atoms with Crippen molar-refractivity contribution in [1.29, 1.82) is 0 Å². The van der Waals surface area contributed by atoms with Crippen LogP contribution in [0, 0.1) is 18.2 Å². The van der Waals surface area contributed by atoms with Gasteiger partial charge < -0.3 is 9.84 Å². The molecule has 0 atom stereocenters. The molecule has 68 valence electrons. The molecule has 0 aliphatic rings. The molecule has 1 N–H and O–H groups in total. The Morgan fingerprint density at radius 1 is 1.54 bits per heavy atom. The number of aliphatic hydroxyl groups is 1. The highest BCUT2D eigenvalue weighted by Gasteiger charge is 2.03. The van der Waals surface area contributed by atoms with E-state index >= 15 is 0 Å². The predicted molar refractivity (Wildman–Crippen MR) is 46.7 cm³/mol. The minimum absolute atomic E-state index is 0.110. The van der Waals surface area contributed by atoms with E-state index in [1.807, 2.05) is 0 Å². The number of benzene rings is 1. The lowest BCUT2D eigenvalue weighted by atomic mass is 10.2. The van der Waals surface area contributed by atoms with Crippen LogP contribution < -0.4 is 4.74 Å². The molecule has 0 amide bonds. The van der Waals surface area contributed by atoms with Crippen molar-refractivity contribution < 1.29 is 14.2 Å². The molecule has 0 aromatic heterocycles. The number of hydrogen-bond acceptors (Lipinski definition) is 2. The molecule has 0 heterocycles. The average molecular weight is 180 g/mol. The number of halogens is 1. The molecule has 1 aromatic rings. The van der Waals surface area contributed by atoms with Gasteiger partial charge in [0, 0.05) is 5.56 Å². The SMILES string of the molecule is C#CCOc1ccc(F)cc1CO. The van der Waals surface area contributed by atoms with E-state index in [-0.39, 0.29) is 13.2 Å². The minimum atomic E-state index is -0.405. The van der Waals surface area contributed by atoms with Crippen LogP contribution >= 0.6 is 0 Å². The highest BCUT2D eigenvalue weighted by Crippen LogP contribution is 2.19. The van der Waals surface area contributed by atoms with Crippen molar-refractivity contribution in [2.45, 2.75) is 6.61 Å². The second kappa shape index (κ2) is 4.48. The van der Waals surface area contributed by atoms with Crippen LogP contribution in [0.3, 0.4) is 0 Å². The summed E-state index contributed by atoms with van der Waals surface area (Å²) < 4.78 is 17.7. The van der Waals surface area contributed by atoms with Crippen LogP contribution in [0.25, 0.3) is 0 Å². The molecule has 0 saturated carbocycles. The van der Waals surface area contributed by atoms with Gasteiger partial charge in [0.25, 0.3) is 0 Å². The van der Waals surface area contributed by atoms with Gasteiger partial charge >= 0.3 is 0 Å². The fourth-order valence-corrected chi connectivity index (χ4v) is 0.932. The highest BCUT2D eigenvalue weighted by atomic mass is 19.1. The Bertz CT molecular complexity index is 328. The zero-order chi connectivity index (χ0) is 9.68. The molecule has 0 fully saturated rings. The Hall–Kier alpha value is -1.53. The van der Waals surface area contributed by atoms with E-state index in [1.54, 1.807) is 0 Å². The van der Waals surface area contributed by atoms with Crippen LogP contribution in [-0.2, 0) is 6.61 Å². The van der Waals surface area contributed by atoms with Gasteiger partial charge in [-0.2, -0.15) is 0 Å². The second-order valence-corrected chi connectivity index (χ2v) is 2.40. The monoisotopic (exact) mass is 180 g/mol. The number of rotatable bonds is 3. The van der Waals surface area contributed by atoms with E-state index in [4.69, 9.17) is 16.3 Å². The first-order valence-electron chi connectivity index (χ1n) is 3.73. The summed E-state index contributed by atoms with van der Waals surface area (Å²) in [4.78, 5) is 0. The van der Waals surface area contributed by atoms with Crippen LogP contribution in [-0.4, -0.2) is 11.7 Å². The fraction of sp³-hybridized carbons (Fsp3) is 0.200. The summed E-state index contributed by atoms with van der Waals surface area (Å²) in [5.74, 6) is 2.30. The maximum absolute atomic E-state index is 12.6. The van der Waals surface area contributed by atoms with E-state index in [0.29, 0.717) is 11.3 Å². The minimum Gasteiger partial charge on any atom is -0.481 e. The lowest BCUT2D eigenvalue weighted by molar-refractivity contribution is 0.270. The quantitative estimate of drug-likeness (QED) is 0.711. The first-order valence-corrected chi connectivity index (χ1v) is 3.73. The van der Waals surface area contributed by atoms with E-state index in [1.165, 1.54) is 18.2 Å². The van der Waals surface area contributed by atoms with Crippen LogP contribution in [0.1, 0.15) is 5.56 Å². The third-order valence-electron chi connectivity index (χ3n) is 1.50. The van der Waals surface area contributed by atoms with E-state index in [9.17, 15) is 4.39 Å². The normalized spacial score (nSPS) is 9.31. The zero-order valence-corrected chi connectivity index (χ0v) is 6.96. The second-order valence-electron chi connectivity index (χ2n) is 2.40. The van der Waals surface area contributed by atoms with Crippen molar-refractivity contribution in [2.75, 3.05) is 6.61 Å². The molecular formula is C10H9FO2. The van der Waals surface area contributed by atoms with Crippen molar-refractivity contribution in [3.05, 3.63) is 29.6 Å². The van der Waals surface area contributed by atoms with Gasteiger partial charge in [-0.15, -0.1) is 6.42 Å². The Kier molecular flexibility index (Phi) is 3.30. The highest BCUT2D eigenvalue weighted by molar-refractivity contribution is 5.33. The van der Waals surface area contributed by atoms with Crippen LogP contribution in [0.15, 0.2) is 18.2 Å². The van der Waals surface area contributed by atoms with Crippen molar-refractivity contribution >= 4 is 0 Å². The Morgan fingerprint density at radius 2 is 2.31 bits per heavy atom. The van der Waals surface area contributed by atoms with Crippen molar-refractivity contribution in [2.24, 2.45) is 0 Å². The number of ether oxygens (including phenoxy) is 1. The van der Waals surface area contributed by atoms with Gasteiger partial charge in [0.15, 0.2) is 0 Å². The van der Waals surface area contributed by atoms with Gasteiger partial charge in [0.1, 0.15) is 18.2 Å². The zero-order valence-electron chi connectivity index (χ0n) is 6.96. The van der Waals surface area contributed by atoms with Gasteiger partial charge in [-0.05, 0) is 18.2 Å². The lowest BCUT2D eigenvalue weighted by Crippen LogP contribution is -1.98. The lowest BCUT2D eigenvalue weighted by Gasteiger charge is -2.06. The molecular weight excluding hydrogens is 171 g/mol. The Balaban J connectivity index is 2.87. The summed E-state index contributed by atoms with van der Waals surface area (Å²) >= 11 is 0. The van der Waals surface area contributed by atoms with E-state index in [0.717, 1.165) is 0 Å². The summed E-state index contributed by atoms with van der Waals surface area (Å²) in [6, 6.07) is 3.91. The molecule has 0 saturated heterocycles. The maximum Gasteiger partial charge on any atom is 0.148 e. The first kappa shape index (κ1) is 9.56. The molecule has 0 bridgehead atoms. The average Bonchev–Trinajstić information content (AvgIpc) is 2.16. The molecule has 1 aromatic carbocycles. The number of terminal acetylenes is 1. The number of aliphatic hydroxyl groups excluding tert-OH is 1. The third kappa shape index (κ3) is 2.46. The fourth-order valence-electron chi connectivity index (χ4n) is 0.932. The molecule has 0 unspecified atom stereocenters. The van der Waals surface area contributed by atoms with Crippen molar-refractivity contribution in [3.8, 4) is 18.1 Å². The van der Waals surface area contributed by atoms with E-state index < -0.39 is 5.82 Å². The van der Waals surface area contributed by atoms with Gasteiger partial charge in [-0.3, -0.25) is 0 Å². The summed E-state index contributed by atoms with van der Waals surface area (Å²) in [5, 5.41) is 8.84. The predicted octanol–water partition coefficient (Wildman–Crippen LogP) is 1.33. The van der Waals surface area contributed by atoms with E-state index in [2.05, 4.69) is 5.92 Å². The summed E-state index contributed by atoms with van der Waals surface area (Å²) in [6.45, 7) is -0.156. The summed E-state index contributed by atoms with van der Waals surface area (Å²) in [6.07, 6.45) is 4.99. The largest absolute Gasteiger partial charge is 0.481 e. The van der Waals surface area contributed by atoms with Crippen molar-refractivity contribution in [1.82, 2.24) is 0 Å². The standard InChI is InChI=1S/C10H9FO2/c1-2-5-13-10-4-3-9(11)6-8(10)7-12/h1,3-4,6,12H,5,7H2. The Morgan fingerprint density at radius 3 is 2.92 bits per heavy atom. The van der Waals surface area contributed by atoms with Gasteiger partial charge in [0.05, 0.1) is 6.61 Å². The molecule has 3 heteroatoms. The Labute approximate surface area is 76.0 Å². The molecule has 0 aliphatic carbocycles. The van der Waals surface area contributed by atoms with Crippen LogP contribution in [0.4, 0.5) is 4.39 Å². The third-order valence-corrected chi connectivity index (χ3v) is 1.50. The first-order chi connectivity index (χ1) is 6.27. The smallest absolute Gasteiger partial charge is 0.148 e.